The Morgan fingerprint density at radius 2 is 0.860 bits per heavy atom. The zero-order valence-electron chi connectivity index (χ0n) is 31.9. The van der Waals surface area contributed by atoms with Crippen LogP contribution in [0.4, 0.5) is 0 Å². The van der Waals surface area contributed by atoms with Gasteiger partial charge in [0.05, 0.1) is 22.1 Å². The van der Waals surface area contributed by atoms with Crippen LogP contribution in [-0.2, 0) is 0 Å². The molecule has 3 heterocycles. The molecule has 0 aliphatic carbocycles. The summed E-state index contributed by atoms with van der Waals surface area (Å²) in [5, 5.41) is 10.7. The van der Waals surface area contributed by atoms with Crippen molar-refractivity contribution in [2.45, 2.75) is 13.1 Å². The highest BCUT2D eigenvalue weighted by Gasteiger charge is 2.37. The van der Waals surface area contributed by atoms with Gasteiger partial charge in [-0.25, -0.2) is 0 Å². The van der Waals surface area contributed by atoms with Gasteiger partial charge in [0.15, 0.2) is 0 Å². The minimum atomic E-state index is -1.78. The molecule has 0 N–H and O–H groups in total. The van der Waals surface area contributed by atoms with Gasteiger partial charge >= 0.3 is 0 Å². The Labute approximate surface area is 332 Å². The Morgan fingerprint density at radius 1 is 0.316 bits per heavy atom. The molecule has 0 spiro atoms. The van der Waals surface area contributed by atoms with E-state index in [4.69, 9.17) is 0 Å². The third-order valence-electron chi connectivity index (χ3n) is 12.7. The van der Waals surface area contributed by atoms with E-state index in [0.29, 0.717) is 0 Å². The maximum Gasteiger partial charge on any atom is 0.113 e. The molecule has 1 aliphatic heterocycles. The van der Waals surface area contributed by atoms with Gasteiger partial charge in [-0.3, -0.25) is 0 Å². The first-order valence-electron chi connectivity index (χ1n) is 19.9. The second-order valence-electron chi connectivity index (χ2n) is 16.2. The summed E-state index contributed by atoms with van der Waals surface area (Å²) in [5.41, 5.74) is 15.0. The lowest BCUT2D eigenvalue weighted by Crippen LogP contribution is -2.49. The minimum Gasteiger partial charge on any atom is -0.309 e. The summed E-state index contributed by atoms with van der Waals surface area (Å²) in [5.74, 6) is 0. The predicted octanol–water partition coefficient (Wildman–Crippen LogP) is 13.2. The van der Waals surface area contributed by atoms with E-state index in [-0.39, 0.29) is 0 Å². The first-order chi connectivity index (χ1) is 28.0. The molecule has 0 radical (unpaired) electrons. The lowest BCUT2D eigenvalue weighted by Gasteiger charge is -2.19. The fourth-order valence-corrected chi connectivity index (χ4v) is 13.0. The number of hydrogen-bond donors (Lipinski definition) is 0. The van der Waals surface area contributed by atoms with E-state index >= 15 is 0 Å². The first kappa shape index (κ1) is 32.3. The van der Waals surface area contributed by atoms with Gasteiger partial charge in [-0.2, -0.15) is 0 Å². The molecule has 0 saturated heterocycles. The van der Waals surface area contributed by atoms with E-state index < -0.39 is 8.07 Å². The first-order valence-corrected chi connectivity index (χ1v) is 22.9. The molecule has 11 aromatic rings. The van der Waals surface area contributed by atoms with Crippen molar-refractivity contribution in [1.29, 1.82) is 0 Å². The molecule has 9 aromatic carbocycles. The lowest BCUT2D eigenvalue weighted by atomic mass is 9.99. The molecule has 2 aromatic heterocycles. The molecule has 0 unspecified atom stereocenters. The van der Waals surface area contributed by atoms with E-state index in [1.54, 1.807) is 10.4 Å². The van der Waals surface area contributed by atoms with Crippen molar-refractivity contribution in [2.75, 3.05) is 0 Å². The van der Waals surface area contributed by atoms with Crippen LogP contribution < -0.4 is 10.4 Å². The second-order valence-corrected chi connectivity index (χ2v) is 20.5. The Hall–Kier alpha value is -6.94. The molecule has 0 saturated carbocycles. The van der Waals surface area contributed by atoms with Gasteiger partial charge in [-0.1, -0.05) is 134 Å². The Kier molecular flexibility index (Phi) is 6.82. The van der Waals surface area contributed by atoms with Gasteiger partial charge in [-0.15, -0.1) is 0 Å². The van der Waals surface area contributed by atoms with Gasteiger partial charge in [0, 0.05) is 32.9 Å². The molecule has 0 bridgehead atoms. The molecule has 57 heavy (non-hydrogen) atoms. The van der Waals surface area contributed by atoms with Crippen LogP contribution in [0, 0.1) is 0 Å². The van der Waals surface area contributed by atoms with Gasteiger partial charge in [-0.05, 0) is 127 Å². The average Bonchev–Trinajstić information content (AvgIpc) is 3.85. The smallest absolute Gasteiger partial charge is 0.113 e. The van der Waals surface area contributed by atoms with Crippen LogP contribution in [0.3, 0.4) is 0 Å². The number of fused-ring (bicyclic) bond motifs is 10. The van der Waals surface area contributed by atoms with E-state index in [1.165, 1.54) is 99.1 Å². The third-order valence-corrected chi connectivity index (χ3v) is 16.2. The van der Waals surface area contributed by atoms with Crippen LogP contribution >= 0.6 is 0 Å². The highest BCUT2D eigenvalue weighted by Crippen LogP contribution is 2.40. The standard InChI is InChI=1S/C54H38N2Si/c1-57(2)53-20-12-10-18-44(53)48-33-39-21-25-42(29-40(39)34-54(48)57)56-49-19-11-9-17-43(49)45-31-37(23-27-50(45)56)38-24-28-52-47(32-38)46-30-36(35-13-5-3-6-14-35)22-26-51(46)55(52)41-15-7-4-8-16-41/h3-34H,1-2H3. The zero-order chi connectivity index (χ0) is 37.8. The van der Waals surface area contributed by atoms with Gasteiger partial charge in [0.1, 0.15) is 8.07 Å². The lowest BCUT2D eigenvalue weighted by molar-refractivity contribution is 1.18. The molecule has 12 rings (SSSR count). The maximum atomic E-state index is 2.50. The number of rotatable bonds is 4. The van der Waals surface area contributed by atoms with Crippen LogP contribution in [-0.4, -0.2) is 17.2 Å². The van der Waals surface area contributed by atoms with Gasteiger partial charge < -0.3 is 9.13 Å². The Balaban J connectivity index is 1.02. The average molecular weight is 743 g/mol. The molecule has 0 atom stereocenters. The normalized spacial score (nSPS) is 13.2. The SMILES string of the molecule is C[Si]1(C)c2ccccc2-c2cc3ccc(-n4c5ccccc5c5cc(-c6ccc7c(c6)c6cc(-c8ccccc8)ccc6n7-c6ccccc6)ccc54)cc3cc21. The predicted molar refractivity (Wildman–Crippen MR) is 246 cm³/mol. The van der Waals surface area contributed by atoms with Crippen LogP contribution in [0.25, 0.3) is 99.1 Å². The molecule has 0 fully saturated rings. The largest absolute Gasteiger partial charge is 0.309 e. The topological polar surface area (TPSA) is 9.86 Å². The van der Waals surface area contributed by atoms with Crippen LogP contribution in [0.5, 0.6) is 0 Å². The van der Waals surface area contributed by atoms with Crippen molar-refractivity contribution in [2.24, 2.45) is 0 Å². The summed E-state index contributed by atoms with van der Waals surface area (Å²) in [6.07, 6.45) is 0. The van der Waals surface area contributed by atoms with Crippen LogP contribution in [0.1, 0.15) is 0 Å². The minimum absolute atomic E-state index is 1.17. The molecular formula is C54H38N2Si. The number of benzene rings is 9. The zero-order valence-corrected chi connectivity index (χ0v) is 32.9. The molecule has 1 aliphatic rings. The highest BCUT2D eigenvalue weighted by molar-refractivity contribution is 7.04. The molecule has 0 amide bonds. The van der Waals surface area contributed by atoms with Crippen molar-refractivity contribution in [3.63, 3.8) is 0 Å². The van der Waals surface area contributed by atoms with Crippen molar-refractivity contribution < 1.29 is 0 Å². The Morgan fingerprint density at radius 3 is 1.56 bits per heavy atom. The van der Waals surface area contributed by atoms with Gasteiger partial charge in [0.25, 0.3) is 0 Å². The van der Waals surface area contributed by atoms with Crippen molar-refractivity contribution in [3.05, 3.63) is 194 Å². The fourth-order valence-electron chi connectivity index (χ4n) is 9.87. The van der Waals surface area contributed by atoms with Gasteiger partial charge in [0.2, 0.25) is 0 Å². The van der Waals surface area contributed by atoms with E-state index in [0.717, 1.165) is 0 Å². The number of aromatic nitrogens is 2. The number of nitrogens with zero attached hydrogens (tertiary/aromatic N) is 2. The quantitative estimate of drug-likeness (QED) is 0.159. The monoisotopic (exact) mass is 742 g/mol. The van der Waals surface area contributed by atoms with Crippen molar-refractivity contribution >= 4 is 72.8 Å². The van der Waals surface area contributed by atoms with Crippen LogP contribution in [0.15, 0.2) is 194 Å². The van der Waals surface area contributed by atoms with E-state index in [2.05, 4.69) is 216 Å². The highest BCUT2D eigenvalue weighted by atomic mass is 28.3. The third kappa shape index (κ3) is 4.76. The molecular weight excluding hydrogens is 705 g/mol. The van der Waals surface area contributed by atoms with Crippen LogP contribution in [0.2, 0.25) is 13.1 Å². The molecule has 268 valence electrons. The summed E-state index contributed by atoms with van der Waals surface area (Å²) in [7, 11) is -1.78. The second kappa shape index (κ2) is 12.0. The molecule has 3 heteroatoms. The molecule has 2 nitrogen and oxygen atoms in total. The summed E-state index contributed by atoms with van der Waals surface area (Å²) < 4.78 is 4.86. The summed E-state index contributed by atoms with van der Waals surface area (Å²) in [4.78, 5) is 0. The number of hydrogen-bond acceptors (Lipinski definition) is 0. The van der Waals surface area contributed by atoms with Crippen molar-refractivity contribution in [1.82, 2.24) is 9.13 Å². The summed E-state index contributed by atoms with van der Waals surface area (Å²) in [6, 6.07) is 72.3. The van der Waals surface area contributed by atoms with E-state index in [1.807, 2.05) is 0 Å². The maximum absolute atomic E-state index is 2.50. The summed E-state index contributed by atoms with van der Waals surface area (Å²) in [6.45, 7) is 5.00. The Bertz CT molecular complexity index is 3420. The van der Waals surface area contributed by atoms with E-state index in [9.17, 15) is 0 Å². The summed E-state index contributed by atoms with van der Waals surface area (Å²) >= 11 is 0. The van der Waals surface area contributed by atoms with Crippen molar-refractivity contribution in [3.8, 4) is 44.8 Å². The number of para-hydroxylation sites is 2. The fraction of sp³-hybridized carbons (Fsp3) is 0.0370.